The standard InChI is InChI=1S/C32H37F6N3O3.2ClH/c1-22-6-7-24(14-23(22)2)15-28-19-39(8-4-5-9-40-12-13-44-29(20-40)21-43-3)10-11-41(28)30(42)25-16-26(31(33,34)35)18-27(17-25)32(36,37)38;;/h6-7,14,16-18,28-29H,8-13,15,19-21H2,1-3H3;2*1H/t28-,29+;;/m1../s1. The maximum atomic E-state index is 13.6. The predicted molar refractivity (Wildman–Crippen MR) is 168 cm³/mol. The van der Waals surface area contributed by atoms with Gasteiger partial charge in [0.2, 0.25) is 0 Å². The number of halogens is 8. The normalized spacial score (nSPS) is 19.5. The van der Waals surface area contributed by atoms with Crippen LogP contribution in [0.3, 0.4) is 0 Å². The maximum absolute atomic E-state index is 13.6. The third kappa shape index (κ3) is 10.8. The van der Waals surface area contributed by atoms with Gasteiger partial charge in [0.15, 0.2) is 0 Å². The molecule has 0 radical (unpaired) electrons. The number of aryl methyl sites for hydroxylation is 2. The molecule has 14 heteroatoms. The molecule has 2 saturated heterocycles. The van der Waals surface area contributed by atoms with E-state index in [1.807, 2.05) is 32.0 Å². The van der Waals surface area contributed by atoms with E-state index < -0.39 is 41.0 Å². The molecule has 0 N–H and O–H groups in total. The third-order valence-corrected chi connectivity index (χ3v) is 8.01. The number of rotatable bonds is 7. The number of amides is 1. The monoisotopic (exact) mass is 697 g/mol. The van der Waals surface area contributed by atoms with Crippen LogP contribution in [0.2, 0.25) is 0 Å². The van der Waals surface area contributed by atoms with E-state index in [0.717, 1.165) is 23.2 Å². The van der Waals surface area contributed by atoms with Crippen molar-refractivity contribution in [3.05, 3.63) is 69.8 Å². The van der Waals surface area contributed by atoms with E-state index in [0.29, 0.717) is 64.5 Å². The lowest BCUT2D eigenvalue weighted by Gasteiger charge is -2.41. The second-order valence-electron chi connectivity index (χ2n) is 11.3. The van der Waals surface area contributed by atoms with Crippen molar-refractivity contribution >= 4 is 30.7 Å². The maximum Gasteiger partial charge on any atom is 0.416 e. The van der Waals surface area contributed by atoms with Crippen LogP contribution in [0.15, 0.2) is 36.4 Å². The molecular formula is C32H39Cl2F6N3O3. The Morgan fingerprint density at radius 3 is 2.04 bits per heavy atom. The van der Waals surface area contributed by atoms with Gasteiger partial charge in [-0.25, -0.2) is 0 Å². The van der Waals surface area contributed by atoms with E-state index in [1.165, 1.54) is 4.90 Å². The zero-order chi connectivity index (χ0) is 32.1. The number of alkyl halides is 6. The Morgan fingerprint density at radius 2 is 1.48 bits per heavy atom. The number of carbonyl (C=O) groups excluding carboxylic acids is 1. The highest BCUT2D eigenvalue weighted by molar-refractivity contribution is 5.95. The molecule has 2 aromatic rings. The summed E-state index contributed by atoms with van der Waals surface area (Å²) in [5.41, 5.74) is -0.611. The SMILES string of the molecule is COC[C@@H]1CN(CC#CCN2CCN(C(=O)c3cc(C(F)(F)F)cc(C(F)(F)F)c3)[C@H](Cc3ccc(C)c(C)c3)C2)CCO1.Cl.Cl. The molecule has 2 atom stereocenters. The molecule has 0 spiro atoms. The molecule has 2 aliphatic rings. The summed E-state index contributed by atoms with van der Waals surface area (Å²) >= 11 is 0. The molecule has 46 heavy (non-hydrogen) atoms. The Labute approximate surface area is 278 Å². The highest BCUT2D eigenvalue weighted by Crippen LogP contribution is 2.37. The zero-order valence-corrected chi connectivity index (χ0v) is 27.5. The molecule has 0 saturated carbocycles. The Bertz CT molecular complexity index is 1350. The minimum absolute atomic E-state index is 0. The number of nitrogens with zero attached hydrogens (tertiary/aromatic N) is 3. The molecule has 0 bridgehead atoms. The highest BCUT2D eigenvalue weighted by Gasteiger charge is 2.39. The Morgan fingerprint density at radius 1 is 0.870 bits per heavy atom. The van der Waals surface area contributed by atoms with E-state index in [4.69, 9.17) is 9.47 Å². The molecule has 1 amide bonds. The summed E-state index contributed by atoms with van der Waals surface area (Å²) in [6.45, 7) is 8.36. The van der Waals surface area contributed by atoms with Gasteiger partial charge in [-0.3, -0.25) is 14.6 Å². The fraction of sp³-hybridized carbons (Fsp3) is 0.531. The van der Waals surface area contributed by atoms with Crippen molar-refractivity contribution in [3.8, 4) is 11.8 Å². The first-order valence-corrected chi connectivity index (χ1v) is 14.4. The lowest BCUT2D eigenvalue weighted by molar-refractivity contribution is -0.143. The number of carbonyl (C=O) groups is 1. The van der Waals surface area contributed by atoms with Gasteiger partial charge < -0.3 is 14.4 Å². The van der Waals surface area contributed by atoms with E-state index in [-0.39, 0.29) is 43.5 Å². The molecule has 0 aromatic heterocycles. The molecule has 2 aromatic carbocycles. The van der Waals surface area contributed by atoms with Gasteiger partial charge in [-0.15, -0.1) is 24.8 Å². The second kappa shape index (κ2) is 17.0. The number of hydrogen-bond acceptors (Lipinski definition) is 5. The van der Waals surface area contributed by atoms with Gasteiger partial charge in [0, 0.05) is 51.4 Å². The van der Waals surface area contributed by atoms with Crippen LogP contribution < -0.4 is 0 Å². The molecule has 0 unspecified atom stereocenters. The Balaban J connectivity index is 0.00000368. The van der Waals surface area contributed by atoms with Crippen LogP contribution in [0.25, 0.3) is 0 Å². The van der Waals surface area contributed by atoms with Gasteiger partial charge in [0.1, 0.15) is 0 Å². The molecule has 4 rings (SSSR count). The van der Waals surface area contributed by atoms with Crippen LogP contribution >= 0.6 is 24.8 Å². The quantitative estimate of drug-likeness (QED) is 0.266. The molecule has 256 valence electrons. The number of piperazine rings is 1. The van der Waals surface area contributed by atoms with Crippen LogP contribution in [0.5, 0.6) is 0 Å². The van der Waals surface area contributed by atoms with Crippen LogP contribution in [0.1, 0.15) is 38.2 Å². The largest absolute Gasteiger partial charge is 0.416 e. The minimum atomic E-state index is -5.04. The van der Waals surface area contributed by atoms with Crippen molar-refractivity contribution in [1.29, 1.82) is 0 Å². The van der Waals surface area contributed by atoms with Crippen molar-refractivity contribution in [3.63, 3.8) is 0 Å². The van der Waals surface area contributed by atoms with Gasteiger partial charge >= 0.3 is 12.4 Å². The average Bonchev–Trinajstić information content (AvgIpc) is 2.96. The van der Waals surface area contributed by atoms with E-state index in [2.05, 4.69) is 21.6 Å². The summed E-state index contributed by atoms with van der Waals surface area (Å²) < 4.78 is 92.0. The summed E-state index contributed by atoms with van der Waals surface area (Å²) in [5, 5.41) is 0. The fourth-order valence-electron chi connectivity index (χ4n) is 5.50. The molecule has 2 fully saturated rings. The lowest BCUT2D eigenvalue weighted by atomic mass is 9.97. The van der Waals surface area contributed by atoms with Crippen molar-refractivity contribution in [2.75, 3.05) is 66.1 Å². The number of benzene rings is 2. The number of methoxy groups -OCH3 is 1. The van der Waals surface area contributed by atoms with Crippen molar-refractivity contribution < 1.29 is 40.6 Å². The van der Waals surface area contributed by atoms with Crippen molar-refractivity contribution in [1.82, 2.24) is 14.7 Å². The summed E-state index contributed by atoms with van der Waals surface area (Å²) in [4.78, 5) is 19.3. The van der Waals surface area contributed by atoms with E-state index in [9.17, 15) is 31.1 Å². The predicted octanol–water partition coefficient (Wildman–Crippen LogP) is 5.90. The van der Waals surface area contributed by atoms with E-state index >= 15 is 0 Å². The molecule has 2 aliphatic heterocycles. The molecule has 6 nitrogen and oxygen atoms in total. The van der Waals surface area contributed by atoms with Gasteiger partial charge in [-0.1, -0.05) is 30.0 Å². The van der Waals surface area contributed by atoms with Crippen molar-refractivity contribution in [2.24, 2.45) is 0 Å². The van der Waals surface area contributed by atoms with Gasteiger partial charge in [-0.2, -0.15) is 26.3 Å². The van der Waals surface area contributed by atoms with Gasteiger partial charge in [-0.05, 0) is 55.2 Å². The lowest BCUT2D eigenvalue weighted by Crippen LogP contribution is -2.56. The Hall–Kier alpha value is -2.53. The highest BCUT2D eigenvalue weighted by atomic mass is 35.5. The van der Waals surface area contributed by atoms with Crippen LogP contribution in [0.4, 0.5) is 26.3 Å². The van der Waals surface area contributed by atoms with Crippen molar-refractivity contribution in [2.45, 2.75) is 44.8 Å². The van der Waals surface area contributed by atoms with Gasteiger partial charge in [0.25, 0.3) is 5.91 Å². The fourth-order valence-corrected chi connectivity index (χ4v) is 5.50. The first kappa shape index (κ1) is 39.6. The summed E-state index contributed by atoms with van der Waals surface area (Å²) in [5.74, 6) is 5.51. The molecule has 2 heterocycles. The first-order chi connectivity index (χ1) is 20.7. The average molecular weight is 699 g/mol. The van der Waals surface area contributed by atoms with Gasteiger partial charge in [0.05, 0.1) is 43.5 Å². The third-order valence-electron chi connectivity index (χ3n) is 8.01. The summed E-state index contributed by atoms with van der Waals surface area (Å²) in [7, 11) is 1.63. The number of morpholine rings is 1. The van der Waals surface area contributed by atoms with E-state index in [1.54, 1.807) is 7.11 Å². The van der Waals surface area contributed by atoms with Crippen LogP contribution in [-0.4, -0.2) is 98.9 Å². The molecule has 0 aliphatic carbocycles. The second-order valence-corrected chi connectivity index (χ2v) is 11.3. The topological polar surface area (TPSA) is 45.2 Å². The number of ether oxygens (including phenoxy) is 2. The smallest absolute Gasteiger partial charge is 0.382 e. The zero-order valence-electron chi connectivity index (χ0n) is 25.8. The molecular weight excluding hydrogens is 659 g/mol. The number of hydrogen-bond donors (Lipinski definition) is 0. The van der Waals surface area contributed by atoms with Crippen LogP contribution in [-0.2, 0) is 28.2 Å². The van der Waals surface area contributed by atoms with Crippen LogP contribution in [0, 0.1) is 25.7 Å². The summed E-state index contributed by atoms with van der Waals surface area (Å²) in [6.07, 6.45) is -9.70. The minimum Gasteiger partial charge on any atom is -0.382 e. The Kier molecular flexibility index (Phi) is 14.7. The summed E-state index contributed by atoms with van der Waals surface area (Å²) in [6, 6.07) is 6.43. The first-order valence-electron chi connectivity index (χ1n) is 14.4.